The normalized spacial score (nSPS) is 11.4. The summed E-state index contributed by atoms with van der Waals surface area (Å²) in [7, 11) is 1.31. The van der Waals surface area contributed by atoms with Crippen LogP contribution < -0.4 is 10.1 Å². The number of rotatable bonds is 9. The molecule has 1 unspecified atom stereocenters. The number of hydrogen-bond donors (Lipinski definition) is 1. The second-order valence-corrected chi connectivity index (χ2v) is 6.66. The average Bonchev–Trinajstić information content (AvgIpc) is 2.71. The quantitative estimate of drug-likeness (QED) is 0.488. The zero-order chi connectivity index (χ0) is 21.2. The van der Waals surface area contributed by atoms with Crippen molar-refractivity contribution in [2.24, 2.45) is 0 Å². The molecular formula is C22H28N2O5. The van der Waals surface area contributed by atoms with Gasteiger partial charge in [-0.1, -0.05) is 25.5 Å². The minimum Gasteiger partial charge on any atom is -0.469 e. The molecular weight excluding hydrogens is 372 g/mol. The first-order chi connectivity index (χ1) is 13.9. The Kier molecular flexibility index (Phi) is 8.45. The summed E-state index contributed by atoms with van der Waals surface area (Å²) in [5.74, 6) is 0.950. The molecule has 0 aliphatic rings. The summed E-state index contributed by atoms with van der Waals surface area (Å²) in [5.41, 5.74) is 2.62. The Hall–Kier alpha value is -3.09. The number of aromatic nitrogens is 1. The van der Waals surface area contributed by atoms with Gasteiger partial charge in [-0.05, 0) is 44.0 Å². The van der Waals surface area contributed by atoms with Gasteiger partial charge in [0, 0.05) is 17.5 Å². The molecule has 29 heavy (non-hydrogen) atoms. The Morgan fingerprint density at radius 1 is 1.14 bits per heavy atom. The number of carbonyl (C=O) groups excluding carboxylic acids is 2. The van der Waals surface area contributed by atoms with E-state index in [1.165, 1.54) is 7.11 Å². The van der Waals surface area contributed by atoms with Crippen LogP contribution in [-0.4, -0.2) is 30.8 Å². The summed E-state index contributed by atoms with van der Waals surface area (Å²) in [6.45, 7) is 6.23. The Balaban J connectivity index is 2.10. The van der Waals surface area contributed by atoms with Crippen LogP contribution in [0.3, 0.4) is 0 Å². The van der Waals surface area contributed by atoms with Gasteiger partial charge in [-0.25, -0.2) is 4.79 Å². The number of nitrogens with zero attached hydrogens (tertiary/aromatic N) is 1. The Morgan fingerprint density at radius 2 is 1.86 bits per heavy atom. The number of nitrogens with one attached hydrogen (secondary N) is 1. The highest BCUT2D eigenvalue weighted by Gasteiger charge is 2.20. The minimum absolute atomic E-state index is 0.00222. The Bertz CT molecular complexity index is 820. The van der Waals surface area contributed by atoms with E-state index in [0.717, 1.165) is 35.4 Å². The van der Waals surface area contributed by atoms with Crippen LogP contribution in [0.4, 0.5) is 4.79 Å². The van der Waals surface area contributed by atoms with Crippen LogP contribution in [0, 0.1) is 13.8 Å². The van der Waals surface area contributed by atoms with Gasteiger partial charge in [0.25, 0.3) is 0 Å². The summed E-state index contributed by atoms with van der Waals surface area (Å²) in [5, 5.41) is 2.73. The number of amides is 1. The maximum atomic E-state index is 12.0. The predicted octanol–water partition coefficient (Wildman–Crippen LogP) is 4.62. The Labute approximate surface area is 171 Å². The lowest BCUT2D eigenvalue weighted by atomic mass is 10.0. The highest BCUT2D eigenvalue weighted by Crippen LogP contribution is 2.27. The molecule has 1 N–H and O–H groups in total. The second kappa shape index (κ2) is 11.0. The van der Waals surface area contributed by atoms with E-state index < -0.39 is 18.1 Å². The standard InChI is InChI=1S/C22H28N2O5/c1-5-6-13-28-22(26)24-19(14-21(25)27-4)17-7-9-18(10-8-17)29-20-11-12-23-16(3)15(20)2/h7-12,19H,5-6,13-14H2,1-4H3,(H,24,26). The molecule has 1 atom stereocenters. The molecule has 0 bridgehead atoms. The molecule has 0 saturated carbocycles. The van der Waals surface area contributed by atoms with Crippen molar-refractivity contribution < 1.29 is 23.8 Å². The Morgan fingerprint density at radius 3 is 2.52 bits per heavy atom. The van der Waals surface area contributed by atoms with Crippen LogP contribution in [0.15, 0.2) is 36.5 Å². The zero-order valence-corrected chi connectivity index (χ0v) is 17.4. The highest BCUT2D eigenvalue weighted by atomic mass is 16.5. The fourth-order valence-electron chi connectivity index (χ4n) is 2.62. The third-order valence-electron chi connectivity index (χ3n) is 4.54. The lowest BCUT2D eigenvalue weighted by Crippen LogP contribution is -2.31. The number of methoxy groups -OCH3 is 1. The molecule has 7 heteroatoms. The van der Waals surface area contributed by atoms with Crippen LogP contribution in [0.2, 0.25) is 0 Å². The van der Waals surface area contributed by atoms with Crippen LogP contribution in [-0.2, 0) is 14.3 Å². The monoisotopic (exact) mass is 400 g/mol. The summed E-state index contributed by atoms with van der Waals surface area (Å²) >= 11 is 0. The number of carbonyl (C=O) groups is 2. The van der Waals surface area contributed by atoms with E-state index in [1.54, 1.807) is 30.5 Å². The fourth-order valence-corrected chi connectivity index (χ4v) is 2.62. The maximum absolute atomic E-state index is 12.0. The summed E-state index contributed by atoms with van der Waals surface area (Å²) < 4.78 is 15.8. The van der Waals surface area contributed by atoms with Gasteiger partial charge in [0.05, 0.1) is 26.2 Å². The number of benzene rings is 1. The van der Waals surface area contributed by atoms with Crippen molar-refractivity contribution in [2.75, 3.05) is 13.7 Å². The number of pyridine rings is 1. The van der Waals surface area contributed by atoms with Crippen molar-refractivity contribution in [3.63, 3.8) is 0 Å². The number of hydrogen-bond acceptors (Lipinski definition) is 6. The lowest BCUT2D eigenvalue weighted by Gasteiger charge is -2.18. The molecule has 1 heterocycles. The molecule has 0 radical (unpaired) electrons. The van der Waals surface area contributed by atoms with Crippen LogP contribution >= 0.6 is 0 Å². The molecule has 0 spiro atoms. The van der Waals surface area contributed by atoms with Crippen LogP contribution in [0.5, 0.6) is 11.5 Å². The van der Waals surface area contributed by atoms with Gasteiger partial charge in [-0.2, -0.15) is 0 Å². The fraction of sp³-hybridized carbons (Fsp3) is 0.409. The van der Waals surface area contributed by atoms with Gasteiger partial charge < -0.3 is 19.5 Å². The van der Waals surface area contributed by atoms with Crippen LogP contribution in [0.1, 0.15) is 49.0 Å². The van der Waals surface area contributed by atoms with E-state index in [2.05, 4.69) is 10.3 Å². The smallest absolute Gasteiger partial charge is 0.407 e. The zero-order valence-electron chi connectivity index (χ0n) is 17.4. The van der Waals surface area contributed by atoms with Gasteiger partial charge in [-0.15, -0.1) is 0 Å². The van der Waals surface area contributed by atoms with Crippen molar-refractivity contribution in [1.82, 2.24) is 10.3 Å². The van der Waals surface area contributed by atoms with Gasteiger partial charge in [0.15, 0.2) is 0 Å². The molecule has 7 nitrogen and oxygen atoms in total. The van der Waals surface area contributed by atoms with E-state index >= 15 is 0 Å². The van der Waals surface area contributed by atoms with Crippen molar-refractivity contribution in [2.45, 2.75) is 46.1 Å². The van der Waals surface area contributed by atoms with E-state index in [1.807, 2.05) is 26.8 Å². The molecule has 0 aliphatic heterocycles. The summed E-state index contributed by atoms with van der Waals surface area (Å²) in [6.07, 6.45) is 2.86. The minimum atomic E-state index is -0.560. The lowest BCUT2D eigenvalue weighted by molar-refractivity contribution is -0.141. The van der Waals surface area contributed by atoms with E-state index in [4.69, 9.17) is 14.2 Å². The topological polar surface area (TPSA) is 86.8 Å². The second-order valence-electron chi connectivity index (χ2n) is 6.66. The molecule has 0 aliphatic carbocycles. The largest absolute Gasteiger partial charge is 0.469 e. The molecule has 156 valence electrons. The van der Waals surface area contributed by atoms with Gasteiger partial charge in [0.2, 0.25) is 0 Å². The first kappa shape index (κ1) is 22.2. The SMILES string of the molecule is CCCCOC(=O)NC(CC(=O)OC)c1ccc(Oc2ccnc(C)c2C)cc1. The average molecular weight is 400 g/mol. The molecule has 2 rings (SSSR count). The third kappa shape index (κ3) is 6.78. The number of alkyl carbamates (subject to hydrolysis) is 1. The first-order valence-corrected chi connectivity index (χ1v) is 9.64. The van der Waals surface area contributed by atoms with Gasteiger partial charge in [-0.3, -0.25) is 9.78 Å². The van der Waals surface area contributed by atoms with Crippen molar-refractivity contribution in [3.05, 3.63) is 53.3 Å². The maximum Gasteiger partial charge on any atom is 0.407 e. The van der Waals surface area contributed by atoms with E-state index in [9.17, 15) is 9.59 Å². The molecule has 1 aromatic carbocycles. The third-order valence-corrected chi connectivity index (χ3v) is 4.54. The molecule has 1 aromatic heterocycles. The van der Waals surface area contributed by atoms with E-state index in [0.29, 0.717) is 12.4 Å². The van der Waals surface area contributed by atoms with Crippen LogP contribution in [0.25, 0.3) is 0 Å². The van der Waals surface area contributed by atoms with Crippen molar-refractivity contribution in [3.8, 4) is 11.5 Å². The number of unbranched alkanes of at least 4 members (excludes halogenated alkanes) is 1. The number of esters is 1. The molecule has 0 fully saturated rings. The first-order valence-electron chi connectivity index (χ1n) is 9.64. The molecule has 1 amide bonds. The number of ether oxygens (including phenoxy) is 3. The van der Waals surface area contributed by atoms with Gasteiger partial charge >= 0.3 is 12.1 Å². The number of aryl methyl sites for hydroxylation is 1. The summed E-state index contributed by atoms with van der Waals surface area (Å²) in [6, 6.07) is 8.44. The molecule has 2 aromatic rings. The molecule has 0 saturated heterocycles. The van der Waals surface area contributed by atoms with E-state index in [-0.39, 0.29) is 6.42 Å². The summed E-state index contributed by atoms with van der Waals surface area (Å²) in [4.78, 5) is 28.0. The van der Waals surface area contributed by atoms with Crippen molar-refractivity contribution >= 4 is 12.1 Å². The highest BCUT2D eigenvalue weighted by molar-refractivity contribution is 5.73. The van der Waals surface area contributed by atoms with Gasteiger partial charge in [0.1, 0.15) is 11.5 Å². The predicted molar refractivity (Wildman–Crippen MR) is 109 cm³/mol. The van der Waals surface area contributed by atoms with Crippen molar-refractivity contribution in [1.29, 1.82) is 0 Å².